The summed E-state index contributed by atoms with van der Waals surface area (Å²) in [6, 6.07) is 14.6. The predicted molar refractivity (Wildman–Crippen MR) is 94.9 cm³/mol. The van der Waals surface area contributed by atoms with Crippen LogP contribution in [0.15, 0.2) is 47.4 Å². The molecule has 0 amide bonds. The fourth-order valence-electron chi connectivity index (χ4n) is 2.05. The zero-order valence-corrected chi connectivity index (χ0v) is 14.5. The van der Waals surface area contributed by atoms with Gasteiger partial charge in [0.2, 0.25) is 0 Å². The molecule has 4 heteroatoms. The first kappa shape index (κ1) is 16.7. The summed E-state index contributed by atoms with van der Waals surface area (Å²) in [4.78, 5) is 1.28. The monoisotopic (exact) mass is 339 g/mol. The first-order chi connectivity index (χ1) is 10.1. The molecule has 0 aliphatic rings. The molecule has 2 aromatic rings. The van der Waals surface area contributed by atoms with E-state index in [2.05, 4.69) is 36.5 Å². The Bertz CT molecular complexity index is 564. The molecule has 0 saturated carbocycles. The molecule has 0 bridgehead atoms. The molecule has 1 nitrogen and oxygen atoms in total. The van der Waals surface area contributed by atoms with E-state index in [4.69, 9.17) is 23.2 Å². The van der Waals surface area contributed by atoms with Gasteiger partial charge in [-0.2, -0.15) is 0 Å². The Morgan fingerprint density at radius 3 is 2.24 bits per heavy atom. The lowest BCUT2D eigenvalue weighted by Crippen LogP contribution is -2.30. The van der Waals surface area contributed by atoms with Crippen molar-refractivity contribution in [1.82, 2.24) is 5.32 Å². The third kappa shape index (κ3) is 4.93. The van der Waals surface area contributed by atoms with Gasteiger partial charge in [-0.15, -0.1) is 11.8 Å². The van der Waals surface area contributed by atoms with Crippen LogP contribution in [0, 0.1) is 6.92 Å². The van der Waals surface area contributed by atoms with Crippen molar-refractivity contribution < 1.29 is 0 Å². The smallest absolute Gasteiger partial charge is 0.0453 e. The second-order valence-electron chi connectivity index (χ2n) is 5.01. The van der Waals surface area contributed by atoms with Crippen molar-refractivity contribution >= 4 is 35.0 Å². The maximum Gasteiger partial charge on any atom is 0.0453 e. The number of halogens is 2. The third-order valence-corrected chi connectivity index (χ3v) is 5.28. The number of hydrogen-bond acceptors (Lipinski definition) is 2. The van der Waals surface area contributed by atoms with Crippen molar-refractivity contribution in [3.8, 4) is 0 Å². The summed E-state index contributed by atoms with van der Waals surface area (Å²) in [7, 11) is 1.98. The molecule has 112 valence electrons. The quantitative estimate of drug-likeness (QED) is 0.723. The molecule has 0 aromatic heterocycles. The van der Waals surface area contributed by atoms with Crippen LogP contribution in [0.3, 0.4) is 0 Å². The van der Waals surface area contributed by atoms with Gasteiger partial charge in [0.25, 0.3) is 0 Å². The maximum absolute atomic E-state index is 6.25. The van der Waals surface area contributed by atoms with Crippen LogP contribution in [0.5, 0.6) is 0 Å². The number of benzene rings is 2. The minimum atomic E-state index is 0.328. The molecule has 2 rings (SSSR count). The summed E-state index contributed by atoms with van der Waals surface area (Å²) in [6.07, 6.45) is 0.827. The molecule has 1 unspecified atom stereocenters. The zero-order chi connectivity index (χ0) is 15.2. The lowest BCUT2D eigenvalue weighted by Gasteiger charge is -2.17. The SMILES string of the molecule is CNC(CSc1ccc(C)cc1)Cc1c(Cl)cccc1Cl. The highest BCUT2D eigenvalue weighted by atomic mass is 35.5. The average Bonchev–Trinajstić information content (AvgIpc) is 2.48. The Morgan fingerprint density at radius 2 is 1.67 bits per heavy atom. The number of thioether (sulfide) groups is 1. The lowest BCUT2D eigenvalue weighted by atomic mass is 10.1. The van der Waals surface area contributed by atoms with Crippen molar-refractivity contribution in [3.05, 3.63) is 63.6 Å². The second-order valence-corrected chi connectivity index (χ2v) is 6.92. The van der Waals surface area contributed by atoms with Crippen molar-refractivity contribution in [3.63, 3.8) is 0 Å². The van der Waals surface area contributed by atoms with Crippen LogP contribution in [0.25, 0.3) is 0 Å². The van der Waals surface area contributed by atoms with Crippen LogP contribution in [-0.4, -0.2) is 18.8 Å². The van der Waals surface area contributed by atoms with Crippen LogP contribution >= 0.6 is 35.0 Å². The molecule has 1 atom stereocenters. The van der Waals surface area contributed by atoms with Crippen molar-refractivity contribution in [2.24, 2.45) is 0 Å². The molecular formula is C17H19Cl2NS. The average molecular weight is 340 g/mol. The summed E-state index contributed by atoms with van der Waals surface area (Å²) in [5.74, 6) is 0.973. The summed E-state index contributed by atoms with van der Waals surface area (Å²) in [6.45, 7) is 2.10. The Kier molecular flexibility index (Phi) is 6.43. The first-order valence-corrected chi connectivity index (χ1v) is 8.64. The van der Waals surface area contributed by atoms with E-state index in [0.717, 1.165) is 27.8 Å². The highest BCUT2D eigenvalue weighted by Crippen LogP contribution is 2.27. The molecule has 2 aromatic carbocycles. The normalized spacial score (nSPS) is 12.4. The minimum absolute atomic E-state index is 0.328. The predicted octanol–water partition coefficient (Wildman–Crippen LogP) is 5.22. The zero-order valence-electron chi connectivity index (χ0n) is 12.2. The van der Waals surface area contributed by atoms with Crippen LogP contribution in [-0.2, 0) is 6.42 Å². The number of aryl methyl sites for hydroxylation is 1. The number of nitrogens with one attached hydrogen (secondary N) is 1. The molecule has 0 saturated heterocycles. The van der Waals surface area contributed by atoms with Gasteiger partial charge in [-0.05, 0) is 50.2 Å². The standard InChI is InChI=1S/C17H19Cl2NS/c1-12-6-8-14(9-7-12)21-11-13(20-2)10-15-16(18)4-3-5-17(15)19/h3-9,13,20H,10-11H2,1-2H3. The van der Waals surface area contributed by atoms with Gasteiger partial charge in [0.15, 0.2) is 0 Å². The van der Waals surface area contributed by atoms with Crippen LogP contribution < -0.4 is 5.32 Å². The Labute approximate surface area is 141 Å². The van der Waals surface area contributed by atoms with Crippen LogP contribution in [0.1, 0.15) is 11.1 Å². The Morgan fingerprint density at radius 1 is 1.05 bits per heavy atom. The molecule has 0 aliphatic carbocycles. The van der Waals surface area contributed by atoms with Crippen molar-refractivity contribution in [2.75, 3.05) is 12.8 Å². The molecule has 0 spiro atoms. The van der Waals surface area contributed by atoms with E-state index in [1.165, 1.54) is 10.5 Å². The molecule has 1 N–H and O–H groups in total. The molecular weight excluding hydrogens is 321 g/mol. The largest absolute Gasteiger partial charge is 0.316 e. The number of hydrogen-bond donors (Lipinski definition) is 1. The molecule has 21 heavy (non-hydrogen) atoms. The van der Waals surface area contributed by atoms with Crippen LogP contribution in [0.4, 0.5) is 0 Å². The summed E-state index contributed by atoms with van der Waals surface area (Å²) in [5.41, 5.74) is 2.30. The Hall–Kier alpha value is -0.670. The van der Waals surface area contributed by atoms with Crippen molar-refractivity contribution in [2.45, 2.75) is 24.3 Å². The van der Waals surface area contributed by atoms with Crippen molar-refractivity contribution in [1.29, 1.82) is 0 Å². The maximum atomic E-state index is 6.25. The van der Waals surface area contributed by atoms with Gasteiger partial charge < -0.3 is 5.32 Å². The fraction of sp³-hybridized carbons (Fsp3) is 0.294. The highest BCUT2D eigenvalue weighted by Gasteiger charge is 2.13. The van der Waals surface area contributed by atoms with Gasteiger partial charge in [0.05, 0.1) is 0 Å². The Balaban J connectivity index is 1.98. The van der Waals surface area contributed by atoms with Gasteiger partial charge >= 0.3 is 0 Å². The van der Waals surface area contributed by atoms with Crippen LogP contribution in [0.2, 0.25) is 10.0 Å². The lowest BCUT2D eigenvalue weighted by molar-refractivity contribution is 0.617. The molecule has 0 fully saturated rings. The molecule has 0 radical (unpaired) electrons. The summed E-state index contributed by atoms with van der Waals surface area (Å²) < 4.78 is 0. The number of rotatable bonds is 6. The molecule has 0 aliphatic heterocycles. The van der Waals surface area contributed by atoms with E-state index in [-0.39, 0.29) is 0 Å². The van der Waals surface area contributed by atoms with Gasteiger partial charge in [-0.3, -0.25) is 0 Å². The first-order valence-electron chi connectivity index (χ1n) is 6.89. The third-order valence-electron chi connectivity index (χ3n) is 3.39. The van der Waals surface area contributed by atoms with Gasteiger partial charge in [-0.25, -0.2) is 0 Å². The van der Waals surface area contributed by atoms with Gasteiger partial charge in [0, 0.05) is 26.7 Å². The van der Waals surface area contributed by atoms with Gasteiger partial charge in [-0.1, -0.05) is 47.0 Å². The number of likely N-dealkylation sites (N-methyl/N-ethyl adjacent to an activating group) is 1. The van der Waals surface area contributed by atoms with E-state index in [1.807, 2.05) is 37.0 Å². The van der Waals surface area contributed by atoms with E-state index < -0.39 is 0 Å². The highest BCUT2D eigenvalue weighted by molar-refractivity contribution is 7.99. The van der Waals surface area contributed by atoms with E-state index in [1.54, 1.807) is 0 Å². The van der Waals surface area contributed by atoms with E-state index in [0.29, 0.717) is 6.04 Å². The second kappa shape index (κ2) is 8.09. The minimum Gasteiger partial charge on any atom is -0.316 e. The van der Waals surface area contributed by atoms with Gasteiger partial charge in [0.1, 0.15) is 0 Å². The van der Waals surface area contributed by atoms with E-state index in [9.17, 15) is 0 Å². The fourth-order valence-corrected chi connectivity index (χ4v) is 3.61. The topological polar surface area (TPSA) is 12.0 Å². The van der Waals surface area contributed by atoms with E-state index >= 15 is 0 Å². The summed E-state index contributed by atoms with van der Waals surface area (Å²) >= 11 is 14.3. The molecule has 0 heterocycles. The summed E-state index contributed by atoms with van der Waals surface area (Å²) in [5, 5.41) is 4.83.